The summed E-state index contributed by atoms with van der Waals surface area (Å²) in [6.07, 6.45) is -0.239. The van der Waals surface area contributed by atoms with Crippen LogP contribution >= 0.6 is 23.2 Å². The first-order valence-electron chi connectivity index (χ1n) is 8.59. The van der Waals surface area contributed by atoms with Crippen LogP contribution in [-0.4, -0.2) is 24.8 Å². The Labute approximate surface area is 169 Å². The molecule has 1 fully saturated rings. The maximum atomic E-state index is 9.62. The van der Waals surface area contributed by atoms with Gasteiger partial charge in [0.25, 0.3) is 0 Å². The van der Waals surface area contributed by atoms with Gasteiger partial charge in [-0.25, -0.2) is 0 Å². The van der Waals surface area contributed by atoms with Crippen LogP contribution in [-0.2, 0) is 9.47 Å². The molecule has 1 saturated heterocycles. The van der Waals surface area contributed by atoms with E-state index in [-0.39, 0.29) is 45.4 Å². The molecule has 146 valence electrons. The quantitative estimate of drug-likeness (QED) is 0.650. The minimum atomic E-state index is -0.818. The highest BCUT2D eigenvalue weighted by Gasteiger charge is 2.36. The summed E-state index contributed by atoms with van der Waals surface area (Å²) >= 11 is 12.7. The van der Waals surface area contributed by atoms with Crippen molar-refractivity contribution in [2.45, 2.75) is 59.2 Å². The monoisotopic (exact) mass is 412 g/mol. The van der Waals surface area contributed by atoms with E-state index in [1.165, 1.54) is 0 Å². The topological polar surface area (TPSA) is 84.5 Å². The number of rotatable bonds is 6. The minimum absolute atomic E-state index is 0.00716. The second-order valence-corrected chi connectivity index (χ2v) is 7.95. The molecule has 0 amide bonds. The standard InChI is InChI=1S/C19H22Cl2N2O4/c1-10(2)6-11(3)25-17-12(7-22)13(8-23)18(16(21)15(17)20)26-14-9-24-19(4,5)27-14/h10-11,14H,6,9H2,1-5H3. The number of hydrogen-bond donors (Lipinski definition) is 0. The van der Waals surface area contributed by atoms with Crippen LogP contribution in [0.5, 0.6) is 11.5 Å². The zero-order valence-electron chi connectivity index (χ0n) is 15.9. The highest BCUT2D eigenvalue weighted by molar-refractivity contribution is 6.44. The predicted octanol–water partition coefficient (Wildman–Crippen LogP) is 5.04. The first kappa shape index (κ1) is 21.6. The molecule has 0 saturated carbocycles. The van der Waals surface area contributed by atoms with E-state index in [4.69, 9.17) is 42.1 Å². The molecule has 1 aliphatic heterocycles. The largest absolute Gasteiger partial charge is 0.488 e. The second-order valence-electron chi connectivity index (χ2n) is 7.19. The summed E-state index contributed by atoms with van der Waals surface area (Å²) in [7, 11) is 0. The molecule has 0 aliphatic carbocycles. The van der Waals surface area contributed by atoms with Crippen molar-refractivity contribution in [2.24, 2.45) is 5.92 Å². The predicted molar refractivity (Wildman–Crippen MR) is 101 cm³/mol. The summed E-state index contributed by atoms with van der Waals surface area (Å²) in [6.45, 7) is 9.61. The fourth-order valence-corrected chi connectivity index (χ4v) is 3.29. The third-order valence-corrected chi connectivity index (χ3v) is 4.69. The summed E-state index contributed by atoms with van der Waals surface area (Å²) in [4.78, 5) is 0. The van der Waals surface area contributed by atoms with Crippen LogP contribution in [0.2, 0.25) is 10.0 Å². The van der Waals surface area contributed by atoms with E-state index >= 15 is 0 Å². The van der Waals surface area contributed by atoms with E-state index in [2.05, 4.69) is 13.8 Å². The van der Waals surface area contributed by atoms with E-state index in [0.29, 0.717) is 5.92 Å². The Morgan fingerprint density at radius 1 is 1.11 bits per heavy atom. The minimum Gasteiger partial charge on any atom is -0.488 e. The van der Waals surface area contributed by atoms with Crippen molar-refractivity contribution in [2.75, 3.05) is 6.61 Å². The number of benzene rings is 1. The van der Waals surface area contributed by atoms with E-state index < -0.39 is 12.1 Å². The van der Waals surface area contributed by atoms with Gasteiger partial charge in [-0.15, -0.1) is 0 Å². The van der Waals surface area contributed by atoms with E-state index in [1.807, 2.05) is 19.1 Å². The smallest absolute Gasteiger partial charge is 0.226 e. The van der Waals surface area contributed by atoms with Gasteiger partial charge in [0.15, 0.2) is 17.3 Å². The number of hydrogen-bond acceptors (Lipinski definition) is 6. The second kappa shape index (κ2) is 8.54. The number of ether oxygens (including phenoxy) is 4. The summed E-state index contributed by atoms with van der Waals surface area (Å²) in [5.74, 6) is -0.358. The molecule has 2 atom stereocenters. The van der Waals surface area contributed by atoms with Crippen LogP contribution < -0.4 is 9.47 Å². The van der Waals surface area contributed by atoms with E-state index in [0.717, 1.165) is 6.42 Å². The molecule has 0 radical (unpaired) electrons. The van der Waals surface area contributed by atoms with Crippen LogP contribution in [0.15, 0.2) is 0 Å². The van der Waals surface area contributed by atoms with Crippen LogP contribution in [0, 0.1) is 28.6 Å². The van der Waals surface area contributed by atoms with Crippen molar-refractivity contribution in [3.8, 4) is 23.6 Å². The van der Waals surface area contributed by atoms with Crippen LogP contribution in [0.1, 0.15) is 52.2 Å². The lowest BCUT2D eigenvalue weighted by Crippen LogP contribution is -2.25. The Balaban J connectivity index is 2.44. The highest BCUT2D eigenvalue weighted by atomic mass is 35.5. The molecule has 0 N–H and O–H groups in total. The van der Waals surface area contributed by atoms with Crippen molar-refractivity contribution in [3.63, 3.8) is 0 Å². The van der Waals surface area contributed by atoms with Gasteiger partial charge in [0.1, 0.15) is 39.9 Å². The third kappa shape index (κ3) is 4.97. The van der Waals surface area contributed by atoms with Crippen molar-refractivity contribution in [3.05, 3.63) is 21.2 Å². The maximum absolute atomic E-state index is 9.62. The number of nitriles is 2. The van der Waals surface area contributed by atoms with Gasteiger partial charge in [0.05, 0.1) is 6.10 Å². The number of nitrogens with zero attached hydrogens (tertiary/aromatic N) is 2. The molecular formula is C19H22Cl2N2O4. The maximum Gasteiger partial charge on any atom is 0.226 e. The van der Waals surface area contributed by atoms with Crippen LogP contribution in [0.25, 0.3) is 0 Å². The van der Waals surface area contributed by atoms with Gasteiger partial charge in [-0.2, -0.15) is 10.5 Å². The highest BCUT2D eigenvalue weighted by Crippen LogP contribution is 2.46. The molecular weight excluding hydrogens is 391 g/mol. The average Bonchev–Trinajstić information content (AvgIpc) is 2.92. The van der Waals surface area contributed by atoms with Gasteiger partial charge in [0, 0.05) is 0 Å². The molecule has 8 heteroatoms. The Hall–Kier alpha value is -1.70. The summed E-state index contributed by atoms with van der Waals surface area (Å²) in [5.41, 5.74) is -0.0670. The lowest BCUT2D eigenvalue weighted by molar-refractivity contribution is -0.167. The Kier molecular flexibility index (Phi) is 6.83. The number of halogens is 2. The van der Waals surface area contributed by atoms with Gasteiger partial charge >= 0.3 is 0 Å². The van der Waals surface area contributed by atoms with Crippen molar-refractivity contribution in [1.82, 2.24) is 0 Å². The van der Waals surface area contributed by atoms with Crippen molar-refractivity contribution < 1.29 is 18.9 Å². The van der Waals surface area contributed by atoms with E-state index in [9.17, 15) is 10.5 Å². The lowest BCUT2D eigenvalue weighted by Gasteiger charge is -2.22. The summed E-state index contributed by atoms with van der Waals surface area (Å²) < 4.78 is 22.6. The lowest BCUT2D eigenvalue weighted by atomic mass is 10.1. The van der Waals surface area contributed by atoms with Gasteiger partial charge in [-0.1, -0.05) is 37.0 Å². The molecule has 0 spiro atoms. The zero-order valence-corrected chi connectivity index (χ0v) is 17.4. The van der Waals surface area contributed by atoms with Crippen molar-refractivity contribution >= 4 is 23.2 Å². The SMILES string of the molecule is CC(C)CC(C)Oc1c(Cl)c(Cl)c(OC2COC(C)(C)O2)c(C#N)c1C#N. The molecule has 1 aromatic rings. The third-order valence-electron chi connectivity index (χ3n) is 3.87. The molecule has 0 aromatic heterocycles. The van der Waals surface area contributed by atoms with Gasteiger partial charge < -0.3 is 18.9 Å². The fraction of sp³-hybridized carbons (Fsp3) is 0.579. The molecule has 2 unspecified atom stereocenters. The van der Waals surface area contributed by atoms with Gasteiger partial charge in [-0.3, -0.25) is 0 Å². The summed E-state index contributed by atoms with van der Waals surface area (Å²) in [5, 5.41) is 19.2. The van der Waals surface area contributed by atoms with Gasteiger partial charge in [0.2, 0.25) is 6.29 Å². The Morgan fingerprint density at radius 2 is 1.67 bits per heavy atom. The first-order chi connectivity index (χ1) is 12.6. The molecule has 27 heavy (non-hydrogen) atoms. The normalized spacial score (nSPS) is 19.4. The summed E-state index contributed by atoms with van der Waals surface area (Å²) in [6, 6.07) is 3.95. The first-order valence-corrected chi connectivity index (χ1v) is 9.35. The molecule has 1 heterocycles. The van der Waals surface area contributed by atoms with Crippen LogP contribution in [0.3, 0.4) is 0 Å². The molecule has 1 aliphatic rings. The van der Waals surface area contributed by atoms with Crippen LogP contribution in [0.4, 0.5) is 0 Å². The zero-order chi connectivity index (χ0) is 20.4. The van der Waals surface area contributed by atoms with E-state index in [1.54, 1.807) is 13.8 Å². The van der Waals surface area contributed by atoms with Crippen molar-refractivity contribution in [1.29, 1.82) is 10.5 Å². The molecule has 0 bridgehead atoms. The molecule has 1 aromatic carbocycles. The Bertz CT molecular complexity index is 797. The van der Waals surface area contributed by atoms with Gasteiger partial charge in [-0.05, 0) is 33.1 Å². The average molecular weight is 413 g/mol. The molecule has 2 rings (SSSR count). The Morgan fingerprint density at radius 3 is 2.15 bits per heavy atom. The molecule has 6 nitrogen and oxygen atoms in total. The fourth-order valence-electron chi connectivity index (χ4n) is 2.84.